The van der Waals surface area contributed by atoms with Crippen LogP contribution in [0, 0.1) is 5.92 Å². The first-order chi connectivity index (χ1) is 9.20. The van der Waals surface area contributed by atoms with Crippen molar-refractivity contribution < 1.29 is 9.59 Å². The van der Waals surface area contributed by atoms with Crippen molar-refractivity contribution in [1.82, 2.24) is 16.0 Å². The lowest BCUT2D eigenvalue weighted by atomic mass is 9.90. The first-order valence-corrected chi connectivity index (χ1v) is 7.52. The highest BCUT2D eigenvalue weighted by atomic mass is 16.2. The van der Waals surface area contributed by atoms with Gasteiger partial charge >= 0.3 is 0 Å². The second kappa shape index (κ2) is 6.89. The highest BCUT2D eigenvalue weighted by molar-refractivity contribution is 5.89. The number of piperidine rings is 1. The number of carbonyl (C=O) groups is 2. The number of hydrogen-bond donors (Lipinski definition) is 3. The van der Waals surface area contributed by atoms with Crippen LogP contribution in [-0.4, -0.2) is 37.0 Å². The average Bonchev–Trinajstić information content (AvgIpc) is 2.64. The lowest BCUT2D eigenvalue weighted by Gasteiger charge is -2.29. The molecular weight excluding hydrogens is 242 g/mol. The lowest BCUT2D eigenvalue weighted by Crippen LogP contribution is -2.54. The molecule has 108 valence electrons. The Kier molecular flexibility index (Phi) is 5.19. The first kappa shape index (κ1) is 14.3. The monoisotopic (exact) mass is 267 g/mol. The fraction of sp³-hybridized carbons (Fsp3) is 0.857. The molecule has 0 radical (unpaired) electrons. The van der Waals surface area contributed by atoms with E-state index in [2.05, 4.69) is 22.9 Å². The third-order valence-electron chi connectivity index (χ3n) is 4.26. The van der Waals surface area contributed by atoms with Gasteiger partial charge in [-0.25, -0.2) is 0 Å². The van der Waals surface area contributed by atoms with Crippen molar-refractivity contribution in [3.8, 4) is 0 Å². The molecule has 2 rings (SSSR count). The molecular formula is C14H25N3O2. The largest absolute Gasteiger partial charge is 0.354 e. The summed E-state index contributed by atoms with van der Waals surface area (Å²) >= 11 is 0. The zero-order valence-corrected chi connectivity index (χ0v) is 11.7. The van der Waals surface area contributed by atoms with E-state index in [1.807, 2.05) is 0 Å². The summed E-state index contributed by atoms with van der Waals surface area (Å²) in [7, 11) is 0. The molecule has 0 saturated carbocycles. The third-order valence-corrected chi connectivity index (χ3v) is 4.26. The summed E-state index contributed by atoms with van der Waals surface area (Å²) in [5, 5.41) is 9.02. The maximum Gasteiger partial charge on any atom is 0.242 e. The van der Waals surface area contributed by atoms with Gasteiger partial charge in [0.2, 0.25) is 11.8 Å². The summed E-state index contributed by atoms with van der Waals surface area (Å²) in [6.45, 7) is 3.79. The van der Waals surface area contributed by atoms with E-state index >= 15 is 0 Å². The third kappa shape index (κ3) is 3.93. The Morgan fingerprint density at radius 2 is 2.16 bits per heavy atom. The molecule has 0 aromatic carbocycles. The Morgan fingerprint density at radius 1 is 1.32 bits per heavy atom. The average molecular weight is 267 g/mol. The van der Waals surface area contributed by atoms with Crippen LogP contribution in [0.3, 0.4) is 0 Å². The fourth-order valence-corrected chi connectivity index (χ4v) is 2.92. The molecule has 5 nitrogen and oxygen atoms in total. The Bertz CT molecular complexity index is 333. The summed E-state index contributed by atoms with van der Waals surface area (Å²) in [6, 6.07) is -0.478. The molecule has 19 heavy (non-hydrogen) atoms. The van der Waals surface area contributed by atoms with Crippen LogP contribution in [0.5, 0.6) is 0 Å². The minimum absolute atomic E-state index is 0.0137. The molecule has 0 bridgehead atoms. The van der Waals surface area contributed by atoms with Gasteiger partial charge in [0.15, 0.2) is 0 Å². The van der Waals surface area contributed by atoms with Crippen molar-refractivity contribution in [3.63, 3.8) is 0 Å². The maximum absolute atomic E-state index is 12.2. The van der Waals surface area contributed by atoms with Crippen LogP contribution < -0.4 is 16.0 Å². The number of nitrogens with one attached hydrogen (secondary N) is 3. The Hall–Kier alpha value is -1.10. The van der Waals surface area contributed by atoms with Crippen LogP contribution in [0.15, 0.2) is 0 Å². The molecule has 0 aromatic rings. The fourth-order valence-electron chi connectivity index (χ4n) is 2.92. The van der Waals surface area contributed by atoms with E-state index in [9.17, 15) is 9.59 Å². The zero-order chi connectivity index (χ0) is 13.7. The predicted octanol–water partition coefficient (Wildman–Crippen LogP) is 0.550. The number of hydrogen-bond acceptors (Lipinski definition) is 3. The molecule has 2 saturated heterocycles. The van der Waals surface area contributed by atoms with Gasteiger partial charge in [-0.05, 0) is 44.6 Å². The molecule has 0 aliphatic carbocycles. The van der Waals surface area contributed by atoms with Crippen LogP contribution in [0.25, 0.3) is 0 Å². The molecule has 0 aromatic heterocycles. The molecule has 3 atom stereocenters. The molecule has 2 aliphatic heterocycles. The van der Waals surface area contributed by atoms with Crippen molar-refractivity contribution in [2.45, 2.75) is 57.5 Å². The summed E-state index contributed by atoms with van der Waals surface area (Å²) in [5.74, 6) is 0.578. The van der Waals surface area contributed by atoms with E-state index in [0.717, 1.165) is 51.6 Å². The van der Waals surface area contributed by atoms with Crippen molar-refractivity contribution in [3.05, 3.63) is 0 Å². The van der Waals surface area contributed by atoms with Crippen molar-refractivity contribution in [1.29, 1.82) is 0 Å². The van der Waals surface area contributed by atoms with E-state index in [1.165, 1.54) is 0 Å². The summed E-state index contributed by atoms with van der Waals surface area (Å²) < 4.78 is 0. The Labute approximate surface area is 114 Å². The topological polar surface area (TPSA) is 70.2 Å². The SMILES string of the molecule is CCC1CCNC(C(=O)NC2CCCCNC2=O)C1. The van der Waals surface area contributed by atoms with Gasteiger partial charge in [0.25, 0.3) is 0 Å². The first-order valence-electron chi connectivity index (χ1n) is 7.52. The quantitative estimate of drug-likeness (QED) is 0.699. The van der Waals surface area contributed by atoms with E-state index < -0.39 is 0 Å². The molecule has 3 unspecified atom stereocenters. The minimum atomic E-state index is -0.348. The lowest BCUT2D eigenvalue weighted by molar-refractivity contribution is -0.130. The predicted molar refractivity (Wildman–Crippen MR) is 73.6 cm³/mol. The van der Waals surface area contributed by atoms with Crippen LogP contribution >= 0.6 is 0 Å². The summed E-state index contributed by atoms with van der Waals surface area (Å²) in [5.41, 5.74) is 0. The van der Waals surface area contributed by atoms with Gasteiger partial charge in [0, 0.05) is 6.54 Å². The van der Waals surface area contributed by atoms with Gasteiger partial charge in [0.1, 0.15) is 6.04 Å². The second-order valence-corrected chi connectivity index (χ2v) is 5.65. The number of amides is 2. The summed E-state index contributed by atoms with van der Waals surface area (Å²) in [6.07, 6.45) is 5.88. The molecule has 5 heteroatoms. The van der Waals surface area contributed by atoms with Crippen LogP contribution in [0.2, 0.25) is 0 Å². The van der Waals surface area contributed by atoms with Crippen molar-refractivity contribution in [2.75, 3.05) is 13.1 Å². The molecule has 3 N–H and O–H groups in total. The highest BCUT2D eigenvalue weighted by Gasteiger charge is 2.29. The van der Waals surface area contributed by atoms with E-state index in [1.54, 1.807) is 0 Å². The second-order valence-electron chi connectivity index (χ2n) is 5.65. The normalized spacial score (nSPS) is 32.3. The van der Waals surface area contributed by atoms with Crippen LogP contribution in [-0.2, 0) is 9.59 Å². The van der Waals surface area contributed by atoms with Crippen molar-refractivity contribution >= 4 is 11.8 Å². The maximum atomic E-state index is 12.2. The number of carbonyl (C=O) groups excluding carboxylic acids is 2. The van der Waals surface area contributed by atoms with Gasteiger partial charge in [-0.15, -0.1) is 0 Å². The number of rotatable bonds is 3. The molecule has 2 amide bonds. The van der Waals surface area contributed by atoms with Gasteiger partial charge in [-0.3, -0.25) is 9.59 Å². The minimum Gasteiger partial charge on any atom is -0.354 e. The van der Waals surface area contributed by atoms with E-state index in [-0.39, 0.29) is 23.9 Å². The van der Waals surface area contributed by atoms with Crippen LogP contribution in [0.1, 0.15) is 45.4 Å². The molecule has 2 heterocycles. The van der Waals surface area contributed by atoms with Crippen molar-refractivity contribution in [2.24, 2.45) is 5.92 Å². The zero-order valence-electron chi connectivity index (χ0n) is 11.7. The molecule has 2 fully saturated rings. The standard InChI is InChI=1S/C14H25N3O2/c1-2-10-6-8-15-12(9-10)14(19)17-11-5-3-4-7-16-13(11)18/h10-12,15H,2-9H2,1H3,(H,16,18)(H,17,19). The van der Waals surface area contributed by atoms with Crippen LogP contribution in [0.4, 0.5) is 0 Å². The van der Waals surface area contributed by atoms with Gasteiger partial charge in [-0.1, -0.05) is 13.3 Å². The van der Waals surface area contributed by atoms with Gasteiger partial charge < -0.3 is 16.0 Å². The van der Waals surface area contributed by atoms with Gasteiger partial charge in [0.05, 0.1) is 6.04 Å². The summed E-state index contributed by atoms with van der Waals surface area (Å²) in [4.78, 5) is 24.0. The Balaban J connectivity index is 1.87. The smallest absolute Gasteiger partial charge is 0.242 e. The van der Waals surface area contributed by atoms with Gasteiger partial charge in [-0.2, -0.15) is 0 Å². The molecule has 0 spiro atoms. The Morgan fingerprint density at radius 3 is 2.95 bits per heavy atom. The highest BCUT2D eigenvalue weighted by Crippen LogP contribution is 2.19. The van der Waals surface area contributed by atoms with E-state index in [0.29, 0.717) is 5.92 Å². The van der Waals surface area contributed by atoms with E-state index in [4.69, 9.17) is 0 Å². The molecule has 2 aliphatic rings.